The number of aryl methyl sites for hydroxylation is 1. The van der Waals surface area contributed by atoms with E-state index in [2.05, 4.69) is 15.8 Å². The van der Waals surface area contributed by atoms with Crippen molar-refractivity contribution in [2.75, 3.05) is 13.1 Å². The Bertz CT molecular complexity index is 464. The number of alkyl halides is 3. The minimum absolute atomic E-state index is 0.0997. The maximum Gasteiger partial charge on any atom is 0.404 e. The maximum atomic E-state index is 13.1. The first kappa shape index (κ1) is 13.9. The third-order valence-corrected chi connectivity index (χ3v) is 3.23. The van der Waals surface area contributed by atoms with Gasteiger partial charge in [0.15, 0.2) is 11.2 Å². The number of hydrogen-bond acceptors (Lipinski definition) is 4. The highest BCUT2D eigenvalue weighted by atomic mass is 19.4. The monoisotopic (exact) mass is 277 g/mol. The highest BCUT2D eigenvalue weighted by Crippen LogP contribution is 2.43. The molecular weight excluding hydrogens is 263 g/mol. The van der Waals surface area contributed by atoms with Crippen molar-refractivity contribution >= 4 is 5.91 Å². The van der Waals surface area contributed by atoms with E-state index in [0.29, 0.717) is 11.5 Å². The van der Waals surface area contributed by atoms with Crippen molar-refractivity contribution in [2.45, 2.75) is 26.1 Å². The summed E-state index contributed by atoms with van der Waals surface area (Å²) >= 11 is 0. The molecule has 1 fully saturated rings. The normalized spacial score (nSPS) is 23.6. The molecule has 1 aliphatic heterocycles. The molecule has 2 N–H and O–H groups in total. The van der Waals surface area contributed by atoms with Crippen LogP contribution < -0.4 is 10.6 Å². The van der Waals surface area contributed by atoms with E-state index >= 15 is 0 Å². The van der Waals surface area contributed by atoms with E-state index < -0.39 is 24.0 Å². The molecular formula is C11H14F3N3O2. The van der Waals surface area contributed by atoms with Crippen molar-refractivity contribution in [3.05, 3.63) is 17.5 Å². The Morgan fingerprint density at radius 1 is 1.63 bits per heavy atom. The highest BCUT2D eigenvalue weighted by Gasteiger charge is 2.61. The molecule has 2 heterocycles. The maximum absolute atomic E-state index is 13.1. The van der Waals surface area contributed by atoms with Gasteiger partial charge >= 0.3 is 6.18 Å². The number of hydrogen-bond donors (Lipinski definition) is 2. The van der Waals surface area contributed by atoms with Crippen molar-refractivity contribution in [3.63, 3.8) is 0 Å². The molecule has 1 saturated heterocycles. The number of rotatable bonds is 3. The number of aromatic nitrogens is 1. The molecule has 0 spiro atoms. The van der Waals surface area contributed by atoms with E-state index in [9.17, 15) is 18.0 Å². The van der Waals surface area contributed by atoms with Gasteiger partial charge in [-0.15, -0.1) is 0 Å². The number of halogens is 3. The fraction of sp³-hybridized carbons (Fsp3) is 0.636. The van der Waals surface area contributed by atoms with Crippen LogP contribution >= 0.6 is 0 Å². The first-order valence-corrected chi connectivity index (χ1v) is 5.83. The van der Waals surface area contributed by atoms with Gasteiger partial charge in [-0.25, -0.2) is 0 Å². The van der Waals surface area contributed by atoms with E-state index in [1.54, 1.807) is 13.0 Å². The summed E-state index contributed by atoms with van der Waals surface area (Å²) in [5.41, 5.74) is -1.74. The average Bonchev–Trinajstić information content (AvgIpc) is 2.94. The molecule has 2 rings (SSSR count). The van der Waals surface area contributed by atoms with Crippen LogP contribution in [-0.2, 0) is 11.3 Å². The predicted molar refractivity (Wildman–Crippen MR) is 59.1 cm³/mol. The lowest BCUT2D eigenvalue weighted by Crippen LogP contribution is -2.51. The van der Waals surface area contributed by atoms with Crippen LogP contribution in [0.4, 0.5) is 13.2 Å². The fourth-order valence-corrected chi connectivity index (χ4v) is 2.09. The molecule has 1 unspecified atom stereocenters. The molecule has 1 aromatic heterocycles. The topological polar surface area (TPSA) is 67.2 Å². The minimum atomic E-state index is -4.57. The summed E-state index contributed by atoms with van der Waals surface area (Å²) in [5, 5.41) is 8.45. The fourth-order valence-electron chi connectivity index (χ4n) is 2.09. The lowest BCUT2D eigenvalue weighted by Gasteiger charge is -2.29. The highest BCUT2D eigenvalue weighted by molar-refractivity contribution is 5.84. The van der Waals surface area contributed by atoms with Gasteiger partial charge in [0.1, 0.15) is 0 Å². The number of carbonyl (C=O) groups is 1. The Morgan fingerprint density at radius 2 is 2.37 bits per heavy atom. The van der Waals surface area contributed by atoms with Crippen molar-refractivity contribution < 1.29 is 22.5 Å². The number of carbonyl (C=O) groups excluding carboxylic acids is 1. The van der Waals surface area contributed by atoms with Gasteiger partial charge in [-0.1, -0.05) is 5.16 Å². The largest absolute Gasteiger partial charge is 0.404 e. The van der Waals surface area contributed by atoms with E-state index in [1.807, 2.05) is 0 Å². The van der Waals surface area contributed by atoms with Crippen LogP contribution in [0.15, 0.2) is 10.6 Å². The third kappa shape index (κ3) is 2.58. The first-order valence-electron chi connectivity index (χ1n) is 5.83. The molecule has 1 amide bonds. The van der Waals surface area contributed by atoms with E-state index in [-0.39, 0.29) is 19.5 Å². The second-order valence-electron chi connectivity index (χ2n) is 4.62. The molecule has 106 valence electrons. The summed E-state index contributed by atoms with van der Waals surface area (Å²) in [5.74, 6) is -0.701. The summed E-state index contributed by atoms with van der Waals surface area (Å²) in [7, 11) is 0. The average molecular weight is 277 g/mol. The zero-order chi connectivity index (χ0) is 14.1. The van der Waals surface area contributed by atoms with Crippen molar-refractivity contribution in [2.24, 2.45) is 5.41 Å². The zero-order valence-corrected chi connectivity index (χ0v) is 10.3. The minimum Gasteiger partial charge on any atom is -0.359 e. The summed E-state index contributed by atoms with van der Waals surface area (Å²) in [4.78, 5) is 11.9. The van der Waals surface area contributed by atoms with Gasteiger partial charge in [-0.2, -0.15) is 13.2 Å². The Kier molecular flexibility index (Phi) is 3.53. The molecule has 1 aromatic rings. The van der Waals surface area contributed by atoms with Crippen LogP contribution in [0.3, 0.4) is 0 Å². The molecule has 0 saturated carbocycles. The Labute approximate surface area is 107 Å². The first-order chi connectivity index (χ1) is 8.85. The number of amides is 1. The Morgan fingerprint density at radius 3 is 2.84 bits per heavy atom. The third-order valence-electron chi connectivity index (χ3n) is 3.23. The van der Waals surface area contributed by atoms with Gasteiger partial charge in [-0.05, 0) is 19.9 Å². The van der Waals surface area contributed by atoms with Gasteiger partial charge in [0.25, 0.3) is 0 Å². The Hall–Kier alpha value is -1.57. The summed E-state index contributed by atoms with van der Waals surface area (Å²) in [6.07, 6.45) is -4.82. The number of nitrogens with zero attached hydrogens (tertiary/aromatic N) is 1. The van der Waals surface area contributed by atoms with Crippen LogP contribution in [0.2, 0.25) is 0 Å². The van der Waals surface area contributed by atoms with E-state index in [1.165, 1.54) is 0 Å². The van der Waals surface area contributed by atoms with Gasteiger partial charge in [0.2, 0.25) is 5.91 Å². The molecule has 0 aromatic carbocycles. The summed E-state index contributed by atoms with van der Waals surface area (Å²) in [6.45, 7) is 1.37. The molecule has 5 nitrogen and oxygen atoms in total. The second kappa shape index (κ2) is 4.84. The molecule has 19 heavy (non-hydrogen) atoms. The molecule has 0 aliphatic carbocycles. The van der Waals surface area contributed by atoms with Crippen LogP contribution in [0.1, 0.15) is 17.9 Å². The molecule has 8 heteroatoms. The molecule has 0 radical (unpaired) electrons. The number of nitrogens with one attached hydrogen (secondary N) is 2. The Balaban J connectivity index is 2.05. The van der Waals surface area contributed by atoms with Gasteiger partial charge in [0, 0.05) is 12.6 Å². The van der Waals surface area contributed by atoms with Crippen molar-refractivity contribution in [3.8, 4) is 0 Å². The van der Waals surface area contributed by atoms with Crippen LogP contribution in [-0.4, -0.2) is 30.3 Å². The van der Waals surface area contributed by atoms with E-state index in [0.717, 1.165) is 0 Å². The quantitative estimate of drug-likeness (QED) is 0.869. The molecule has 1 aliphatic rings. The smallest absolute Gasteiger partial charge is 0.359 e. The lowest BCUT2D eigenvalue weighted by atomic mass is 9.85. The standard InChI is InChI=1S/C11H14F3N3O2/c1-7-4-8(19-17-7)5-16-9(18)10(11(12,13)14)2-3-15-6-10/h4,15H,2-3,5-6H2,1H3,(H,16,18). The van der Waals surface area contributed by atoms with Gasteiger partial charge < -0.3 is 15.2 Å². The lowest BCUT2D eigenvalue weighted by molar-refractivity contribution is -0.216. The van der Waals surface area contributed by atoms with Gasteiger partial charge in [0.05, 0.1) is 12.2 Å². The van der Waals surface area contributed by atoms with Crippen molar-refractivity contribution in [1.82, 2.24) is 15.8 Å². The van der Waals surface area contributed by atoms with E-state index in [4.69, 9.17) is 4.52 Å². The van der Waals surface area contributed by atoms with Crippen LogP contribution in [0.5, 0.6) is 0 Å². The van der Waals surface area contributed by atoms with Crippen molar-refractivity contribution in [1.29, 1.82) is 0 Å². The summed E-state index contributed by atoms with van der Waals surface area (Å²) in [6, 6.07) is 1.56. The second-order valence-corrected chi connectivity index (χ2v) is 4.62. The summed E-state index contributed by atoms with van der Waals surface area (Å²) < 4.78 is 44.0. The predicted octanol–water partition coefficient (Wildman–Crippen LogP) is 1.14. The van der Waals surface area contributed by atoms with Gasteiger partial charge in [-0.3, -0.25) is 4.79 Å². The van der Waals surface area contributed by atoms with Crippen LogP contribution in [0.25, 0.3) is 0 Å². The van der Waals surface area contributed by atoms with Crippen LogP contribution in [0, 0.1) is 12.3 Å². The zero-order valence-electron chi connectivity index (χ0n) is 10.3. The SMILES string of the molecule is Cc1cc(CNC(=O)C2(C(F)(F)F)CCNC2)on1. The molecule has 0 bridgehead atoms. The molecule has 1 atom stereocenters.